The van der Waals surface area contributed by atoms with Crippen LogP contribution < -0.4 is 10.6 Å². The molecule has 0 aliphatic heterocycles. The average molecular weight is 686 g/mol. The van der Waals surface area contributed by atoms with Gasteiger partial charge in [0.05, 0.1) is 52.3 Å². The number of halogens is 2. The zero-order valence-corrected chi connectivity index (χ0v) is 26.7. The second kappa shape index (κ2) is 17.8. The van der Waals surface area contributed by atoms with Crippen LogP contribution in [0.25, 0.3) is 0 Å². The molecule has 0 radical (unpaired) electrons. The van der Waals surface area contributed by atoms with Crippen LogP contribution in [0.1, 0.15) is 53.3 Å². The van der Waals surface area contributed by atoms with E-state index in [0.29, 0.717) is 45.2 Å². The maximum absolute atomic E-state index is 13.1. The van der Waals surface area contributed by atoms with Gasteiger partial charge in [0.15, 0.2) is 0 Å². The van der Waals surface area contributed by atoms with Crippen molar-refractivity contribution < 1.29 is 48.9 Å². The SMILES string of the molecule is C=O.COOCc1ccc(C(=O)O)c(C(=O)Nc2ccc(Cc3ccc(Nc4cc(C(=O)OC)ccc4COO)c(Cl)c3)cc2Cl)c1. The molecule has 12 nitrogen and oxygen atoms in total. The van der Waals surface area contributed by atoms with E-state index in [0.717, 1.165) is 11.1 Å². The second-order valence-electron chi connectivity index (χ2n) is 9.64. The van der Waals surface area contributed by atoms with Gasteiger partial charge in [0, 0.05) is 11.3 Å². The molecule has 0 fully saturated rings. The van der Waals surface area contributed by atoms with Crippen LogP contribution in [0, 0.1) is 0 Å². The number of esters is 1. The Hall–Kier alpha value is -4.82. The lowest BCUT2D eigenvalue weighted by atomic mass is 10.0. The number of nitrogens with one attached hydrogen (secondary N) is 2. The van der Waals surface area contributed by atoms with Crippen LogP contribution in [0.3, 0.4) is 0 Å². The van der Waals surface area contributed by atoms with Gasteiger partial charge in [-0.1, -0.05) is 47.5 Å². The molecule has 0 saturated heterocycles. The second-order valence-corrected chi connectivity index (χ2v) is 10.4. The highest BCUT2D eigenvalue weighted by atomic mass is 35.5. The van der Waals surface area contributed by atoms with Gasteiger partial charge in [0.1, 0.15) is 20.0 Å². The van der Waals surface area contributed by atoms with E-state index in [-0.39, 0.29) is 29.4 Å². The van der Waals surface area contributed by atoms with E-state index in [1.807, 2.05) is 12.9 Å². The Morgan fingerprint density at radius 2 is 1.40 bits per heavy atom. The number of carboxylic acid groups (broad SMARTS) is 1. The number of hydrogen-bond acceptors (Lipinski definition) is 10. The maximum atomic E-state index is 13.1. The van der Waals surface area contributed by atoms with Crippen LogP contribution in [-0.4, -0.2) is 49.2 Å². The molecule has 1 amide bonds. The third kappa shape index (κ3) is 9.83. The molecule has 4 rings (SSSR count). The molecule has 0 atom stereocenters. The number of rotatable bonds is 13. The summed E-state index contributed by atoms with van der Waals surface area (Å²) in [4.78, 5) is 58.5. The summed E-state index contributed by atoms with van der Waals surface area (Å²) in [6, 6.07) is 19.5. The number of benzene rings is 4. The van der Waals surface area contributed by atoms with Gasteiger partial charge >= 0.3 is 11.9 Å². The van der Waals surface area contributed by atoms with Crippen molar-refractivity contribution in [3.63, 3.8) is 0 Å². The zero-order valence-electron chi connectivity index (χ0n) is 25.2. The molecule has 4 aromatic rings. The minimum Gasteiger partial charge on any atom is -0.478 e. The number of aromatic carboxylic acids is 1. The van der Waals surface area contributed by atoms with Crippen LogP contribution >= 0.6 is 23.2 Å². The normalized spacial score (nSPS) is 10.4. The summed E-state index contributed by atoms with van der Waals surface area (Å²) in [5.41, 5.74) is 4.24. The molecular formula is C33H30Cl2N2O10. The van der Waals surface area contributed by atoms with E-state index in [4.69, 9.17) is 42.9 Å². The molecule has 0 aliphatic rings. The first-order valence-electron chi connectivity index (χ1n) is 13.6. The van der Waals surface area contributed by atoms with E-state index < -0.39 is 17.8 Å². The summed E-state index contributed by atoms with van der Waals surface area (Å²) < 4.78 is 4.79. The average Bonchev–Trinajstić information content (AvgIpc) is 3.07. The fraction of sp³-hybridized carbons (Fsp3) is 0.152. The Balaban J connectivity index is 0.00000294. The molecule has 0 heterocycles. The first-order chi connectivity index (χ1) is 22.6. The van der Waals surface area contributed by atoms with Crippen molar-refractivity contribution in [2.45, 2.75) is 19.6 Å². The molecule has 0 aromatic heterocycles. The monoisotopic (exact) mass is 684 g/mol. The first-order valence-corrected chi connectivity index (χ1v) is 14.3. The maximum Gasteiger partial charge on any atom is 0.337 e. The van der Waals surface area contributed by atoms with Crippen LogP contribution in [0.4, 0.5) is 17.1 Å². The Morgan fingerprint density at radius 3 is 1.98 bits per heavy atom. The third-order valence-electron chi connectivity index (χ3n) is 6.65. The lowest BCUT2D eigenvalue weighted by Crippen LogP contribution is -2.17. The smallest absolute Gasteiger partial charge is 0.337 e. The highest BCUT2D eigenvalue weighted by molar-refractivity contribution is 6.34. The van der Waals surface area contributed by atoms with E-state index in [1.54, 1.807) is 48.5 Å². The molecule has 0 bridgehead atoms. The van der Waals surface area contributed by atoms with Gasteiger partial charge < -0.3 is 25.3 Å². The highest BCUT2D eigenvalue weighted by Gasteiger charge is 2.19. The first kappa shape index (κ1) is 36.6. The number of carbonyl (C=O) groups is 4. The summed E-state index contributed by atoms with van der Waals surface area (Å²) in [5.74, 6) is -2.43. The largest absolute Gasteiger partial charge is 0.478 e. The summed E-state index contributed by atoms with van der Waals surface area (Å²) in [6.07, 6.45) is 0.458. The van der Waals surface area contributed by atoms with E-state index >= 15 is 0 Å². The number of methoxy groups -OCH3 is 1. The summed E-state index contributed by atoms with van der Waals surface area (Å²) >= 11 is 13.1. The fourth-order valence-electron chi connectivity index (χ4n) is 4.43. The number of hydrogen-bond donors (Lipinski definition) is 4. The number of carbonyl (C=O) groups excluding carboxylic acids is 3. The minimum atomic E-state index is -1.25. The molecule has 4 aromatic carbocycles. The van der Waals surface area contributed by atoms with Crippen molar-refractivity contribution in [2.24, 2.45) is 0 Å². The predicted octanol–water partition coefficient (Wildman–Crippen LogP) is 6.95. The van der Waals surface area contributed by atoms with Crippen molar-refractivity contribution in [3.05, 3.63) is 122 Å². The Labute approximate surface area is 279 Å². The molecule has 0 spiro atoms. The van der Waals surface area contributed by atoms with Crippen LogP contribution in [0.15, 0.2) is 72.8 Å². The van der Waals surface area contributed by atoms with Gasteiger partial charge in [-0.15, -0.1) is 0 Å². The fourth-order valence-corrected chi connectivity index (χ4v) is 4.93. The van der Waals surface area contributed by atoms with Crippen LogP contribution in [0.2, 0.25) is 10.0 Å². The Bertz CT molecular complexity index is 1750. The van der Waals surface area contributed by atoms with Gasteiger partial charge in [0.25, 0.3) is 5.91 Å². The van der Waals surface area contributed by atoms with Crippen LogP contribution in [0.5, 0.6) is 0 Å². The van der Waals surface area contributed by atoms with Crippen molar-refractivity contribution in [1.82, 2.24) is 0 Å². The molecular weight excluding hydrogens is 655 g/mol. The van der Waals surface area contributed by atoms with E-state index in [9.17, 15) is 19.5 Å². The Kier molecular flexibility index (Phi) is 13.8. The number of anilines is 3. The molecule has 0 saturated carbocycles. The summed E-state index contributed by atoms with van der Waals surface area (Å²) in [7, 11) is 2.62. The number of ether oxygens (including phenoxy) is 1. The molecule has 0 aliphatic carbocycles. The summed E-state index contributed by atoms with van der Waals surface area (Å²) in [6.45, 7) is 1.91. The molecule has 47 heavy (non-hydrogen) atoms. The molecule has 4 N–H and O–H groups in total. The quantitative estimate of drug-likeness (QED) is 0.0653. The number of carboxylic acids is 1. The van der Waals surface area contributed by atoms with E-state index in [2.05, 4.69) is 20.4 Å². The molecule has 0 unspecified atom stereocenters. The highest BCUT2D eigenvalue weighted by Crippen LogP contribution is 2.31. The lowest BCUT2D eigenvalue weighted by molar-refractivity contribution is -0.282. The predicted molar refractivity (Wildman–Crippen MR) is 174 cm³/mol. The topological polar surface area (TPSA) is 170 Å². The third-order valence-corrected chi connectivity index (χ3v) is 7.27. The lowest BCUT2D eigenvalue weighted by Gasteiger charge is -2.15. The number of amides is 1. The Morgan fingerprint density at radius 1 is 0.766 bits per heavy atom. The summed E-state index contributed by atoms with van der Waals surface area (Å²) in [5, 5.41) is 25.0. The molecule has 14 heteroatoms. The van der Waals surface area contributed by atoms with Crippen molar-refractivity contribution in [3.8, 4) is 0 Å². The van der Waals surface area contributed by atoms with Gasteiger partial charge in [-0.2, -0.15) is 0 Å². The van der Waals surface area contributed by atoms with Gasteiger partial charge in [0.2, 0.25) is 0 Å². The van der Waals surface area contributed by atoms with Crippen molar-refractivity contribution >= 4 is 64.9 Å². The van der Waals surface area contributed by atoms with Gasteiger partial charge in [-0.05, 0) is 71.6 Å². The van der Waals surface area contributed by atoms with Crippen LogP contribution in [-0.2, 0) is 43.8 Å². The van der Waals surface area contributed by atoms with Gasteiger partial charge in [-0.25, -0.2) is 24.3 Å². The van der Waals surface area contributed by atoms with E-state index in [1.165, 1.54) is 32.4 Å². The zero-order chi connectivity index (χ0) is 34.5. The van der Waals surface area contributed by atoms with Gasteiger partial charge in [-0.3, -0.25) is 10.1 Å². The minimum absolute atomic E-state index is 0.0233. The standard InChI is InChI=1S/C32H28Cl2N2O9.CH2O/c1-42-32(40)21-6-7-22(17-44-41)29(15-21)35-27-9-4-18(13-25(27)33)11-19-5-10-28(26(34)14-19)36-30(37)24-12-20(16-45-43-2)3-8-23(24)31(38)39;1-2/h3-10,12-15,35,41H,11,16-17H2,1-2H3,(H,36,37)(H,38,39);1H2. The molecule has 246 valence electrons. The van der Waals surface area contributed by atoms with Crippen molar-refractivity contribution in [1.29, 1.82) is 0 Å². The van der Waals surface area contributed by atoms with Crippen molar-refractivity contribution in [2.75, 3.05) is 24.9 Å².